The van der Waals surface area contributed by atoms with Gasteiger partial charge in [-0.15, -0.1) is 0 Å². The van der Waals surface area contributed by atoms with E-state index in [9.17, 15) is 14.4 Å². The number of hydrogen-bond acceptors (Lipinski definition) is 6. The molecular formula is C49H94O6. The molecule has 0 fully saturated rings. The Hall–Kier alpha value is -1.59. The molecule has 0 bridgehead atoms. The van der Waals surface area contributed by atoms with Crippen LogP contribution in [0.15, 0.2) is 0 Å². The maximum atomic E-state index is 12.7. The van der Waals surface area contributed by atoms with Gasteiger partial charge in [-0.2, -0.15) is 0 Å². The van der Waals surface area contributed by atoms with Crippen LogP contribution in [0.25, 0.3) is 0 Å². The van der Waals surface area contributed by atoms with Gasteiger partial charge in [-0.3, -0.25) is 14.4 Å². The summed E-state index contributed by atoms with van der Waals surface area (Å²) in [6.07, 6.45) is 46.5. The van der Waals surface area contributed by atoms with E-state index in [0.717, 1.165) is 57.8 Å². The van der Waals surface area contributed by atoms with Crippen LogP contribution in [0.3, 0.4) is 0 Å². The molecule has 0 amide bonds. The van der Waals surface area contributed by atoms with E-state index in [0.29, 0.717) is 19.3 Å². The van der Waals surface area contributed by atoms with E-state index in [1.54, 1.807) is 0 Å². The van der Waals surface area contributed by atoms with Crippen LogP contribution in [0, 0.1) is 0 Å². The summed E-state index contributed by atoms with van der Waals surface area (Å²) in [6.45, 7) is 6.66. The zero-order valence-corrected chi connectivity index (χ0v) is 37.2. The van der Waals surface area contributed by atoms with E-state index in [2.05, 4.69) is 20.8 Å². The van der Waals surface area contributed by atoms with Crippen LogP contribution in [0.4, 0.5) is 0 Å². The highest BCUT2D eigenvalue weighted by atomic mass is 16.6. The minimum atomic E-state index is -0.758. The number of unbranched alkanes of at least 4 members (excludes halogenated alkanes) is 34. The number of esters is 3. The van der Waals surface area contributed by atoms with E-state index >= 15 is 0 Å². The Kier molecular flexibility index (Phi) is 43.8. The highest BCUT2D eigenvalue weighted by Gasteiger charge is 2.19. The highest BCUT2D eigenvalue weighted by Crippen LogP contribution is 2.16. The van der Waals surface area contributed by atoms with Gasteiger partial charge in [0, 0.05) is 19.3 Å². The number of ether oxygens (including phenoxy) is 3. The minimum Gasteiger partial charge on any atom is -0.462 e. The van der Waals surface area contributed by atoms with Gasteiger partial charge in [-0.1, -0.05) is 239 Å². The summed E-state index contributed by atoms with van der Waals surface area (Å²) in [4.78, 5) is 37.8. The van der Waals surface area contributed by atoms with Crippen molar-refractivity contribution in [3.05, 3.63) is 0 Å². The summed E-state index contributed by atoms with van der Waals surface area (Å²) in [6, 6.07) is 0. The standard InChI is InChI=1S/C49H94O6/c1-4-7-10-13-16-19-22-24-27-30-33-36-39-42-48(51)54-45-46(44-53-47(50)41-38-35-32-29-26-21-18-15-12-9-6-3)55-49(52)43-40-37-34-31-28-25-23-20-17-14-11-8-5-2/h46H,4-45H2,1-3H3. The first-order chi connectivity index (χ1) is 27.0. The topological polar surface area (TPSA) is 78.9 Å². The quantitative estimate of drug-likeness (QED) is 0.0348. The zero-order chi connectivity index (χ0) is 40.1. The van der Waals surface area contributed by atoms with E-state index in [-0.39, 0.29) is 31.1 Å². The Morgan fingerprint density at radius 3 is 0.727 bits per heavy atom. The molecule has 0 N–H and O–H groups in total. The molecule has 0 saturated carbocycles. The Labute approximate surface area is 342 Å². The fourth-order valence-electron chi connectivity index (χ4n) is 7.38. The van der Waals surface area contributed by atoms with Gasteiger partial charge in [0.1, 0.15) is 13.2 Å². The van der Waals surface area contributed by atoms with Gasteiger partial charge in [0.15, 0.2) is 6.10 Å². The minimum absolute atomic E-state index is 0.0622. The largest absolute Gasteiger partial charge is 0.462 e. The van der Waals surface area contributed by atoms with Gasteiger partial charge in [-0.05, 0) is 19.3 Å². The van der Waals surface area contributed by atoms with Gasteiger partial charge >= 0.3 is 17.9 Å². The lowest BCUT2D eigenvalue weighted by Crippen LogP contribution is -2.30. The second-order valence-electron chi connectivity index (χ2n) is 16.7. The molecule has 0 aromatic carbocycles. The van der Waals surface area contributed by atoms with Crippen molar-refractivity contribution in [2.45, 2.75) is 284 Å². The van der Waals surface area contributed by atoms with Crippen molar-refractivity contribution in [1.29, 1.82) is 0 Å². The van der Waals surface area contributed by atoms with Crippen molar-refractivity contribution < 1.29 is 28.6 Å². The molecule has 0 aliphatic heterocycles. The Balaban J connectivity index is 4.31. The molecule has 6 nitrogen and oxygen atoms in total. The summed E-state index contributed by atoms with van der Waals surface area (Å²) in [5, 5.41) is 0. The average molecular weight is 779 g/mol. The van der Waals surface area contributed by atoms with E-state index in [1.165, 1.54) is 180 Å². The monoisotopic (exact) mass is 779 g/mol. The molecule has 0 spiro atoms. The molecule has 0 aliphatic rings. The number of carbonyl (C=O) groups is 3. The Bertz CT molecular complexity index is 813. The molecule has 1 atom stereocenters. The van der Waals surface area contributed by atoms with Crippen LogP contribution in [0.2, 0.25) is 0 Å². The predicted molar refractivity (Wildman–Crippen MR) is 233 cm³/mol. The van der Waals surface area contributed by atoms with Crippen molar-refractivity contribution >= 4 is 17.9 Å². The molecule has 0 rings (SSSR count). The van der Waals surface area contributed by atoms with Crippen LogP contribution >= 0.6 is 0 Å². The third kappa shape index (κ3) is 43.4. The zero-order valence-electron chi connectivity index (χ0n) is 37.2. The van der Waals surface area contributed by atoms with Gasteiger partial charge in [0.2, 0.25) is 0 Å². The first-order valence-corrected chi connectivity index (χ1v) is 24.5. The van der Waals surface area contributed by atoms with Crippen molar-refractivity contribution in [3.63, 3.8) is 0 Å². The summed E-state index contributed by atoms with van der Waals surface area (Å²) >= 11 is 0. The Morgan fingerprint density at radius 1 is 0.291 bits per heavy atom. The third-order valence-electron chi connectivity index (χ3n) is 11.1. The summed E-state index contributed by atoms with van der Waals surface area (Å²) in [7, 11) is 0. The molecule has 326 valence electrons. The Morgan fingerprint density at radius 2 is 0.491 bits per heavy atom. The molecule has 0 aliphatic carbocycles. The first kappa shape index (κ1) is 53.4. The normalized spacial score (nSPS) is 11.8. The maximum Gasteiger partial charge on any atom is 0.306 e. The molecule has 1 unspecified atom stereocenters. The number of rotatable bonds is 45. The second kappa shape index (κ2) is 45.1. The molecule has 6 heteroatoms. The van der Waals surface area contributed by atoms with Crippen molar-refractivity contribution in [3.8, 4) is 0 Å². The lowest BCUT2D eigenvalue weighted by Gasteiger charge is -2.18. The maximum absolute atomic E-state index is 12.7. The number of hydrogen-bond donors (Lipinski definition) is 0. The lowest BCUT2D eigenvalue weighted by atomic mass is 10.0. The van der Waals surface area contributed by atoms with E-state index in [1.807, 2.05) is 0 Å². The molecule has 0 heterocycles. The van der Waals surface area contributed by atoms with E-state index in [4.69, 9.17) is 14.2 Å². The molecule has 0 aromatic rings. The molecule has 0 saturated heterocycles. The van der Waals surface area contributed by atoms with E-state index < -0.39 is 6.10 Å². The summed E-state index contributed by atoms with van der Waals surface area (Å²) in [5.74, 6) is -0.846. The molecule has 0 aromatic heterocycles. The van der Waals surface area contributed by atoms with Gasteiger partial charge < -0.3 is 14.2 Å². The summed E-state index contributed by atoms with van der Waals surface area (Å²) in [5.41, 5.74) is 0. The smallest absolute Gasteiger partial charge is 0.306 e. The van der Waals surface area contributed by atoms with Crippen molar-refractivity contribution in [2.24, 2.45) is 0 Å². The number of carbonyl (C=O) groups excluding carboxylic acids is 3. The SMILES string of the molecule is CCCCCCCCCCCCCCCC(=O)OCC(COC(=O)CCCCCCCCCCCCC)OC(=O)CCCCCCCCCCCCCCC. The van der Waals surface area contributed by atoms with Crippen molar-refractivity contribution in [2.75, 3.05) is 13.2 Å². The average Bonchev–Trinajstić information content (AvgIpc) is 3.18. The van der Waals surface area contributed by atoms with Gasteiger partial charge in [-0.25, -0.2) is 0 Å². The van der Waals surface area contributed by atoms with Crippen LogP contribution in [-0.2, 0) is 28.6 Å². The fourth-order valence-corrected chi connectivity index (χ4v) is 7.38. The predicted octanol–water partition coefficient (Wildman–Crippen LogP) is 15.6. The van der Waals surface area contributed by atoms with Crippen LogP contribution in [-0.4, -0.2) is 37.2 Å². The van der Waals surface area contributed by atoms with Crippen molar-refractivity contribution in [1.82, 2.24) is 0 Å². The molecule has 55 heavy (non-hydrogen) atoms. The lowest BCUT2D eigenvalue weighted by molar-refractivity contribution is -0.167. The fraction of sp³-hybridized carbons (Fsp3) is 0.939. The highest BCUT2D eigenvalue weighted by molar-refractivity contribution is 5.71. The van der Waals surface area contributed by atoms with Gasteiger partial charge in [0.05, 0.1) is 0 Å². The van der Waals surface area contributed by atoms with Crippen LogP contribution in [0.5, 0.6) is 0 Å². The third-order valence-corrected chi connectivity index (χ3v) is 11.1. The first-order valence-electron chi connectivity index (χ1n) is 24.5. The van der Waals surface area contributed by atoms with Gasteiger partial charge in [0.25, 0.3) is 0 Å². The summed E-state index contributed by atoms with van der Waals surface area (Å²) < 4.78 is 16.8. The molecular weight excluding hydrogens is 685 g/mol. The van der Waals surface area contributed by atoms with Crippen LogP contribution in [0.1, 0.15) is 278 Å². The van der Waals surface area contributed by atoms with Crippen LogP contribution < -0.4 is 0 Å². The molecule has 0 radical (unpaired) electrons. The second-order valence-corrected chi connectivity index (χ2v) is 16.7.